The van der Waals surface area contributed by atoms with E-state index >= 15 is 0 Å². The SMILES string of the molecule is Cn1ccc2c1NC(=NCc1ccc(Cl)c(Cl)c1)C1(CCCCC1)C2. The van der Waals surface area contributed by atoms with Crippen molar-refractivity contribution in [2.24, 2.45) is 17.5 Å². The molecule has 132 valence electrons. The molecule has 1 aromatic heterocycles. The summed E-state index contributed by atoms with van der Waals surface area (Å²) in [7, 11) is 2.08. The summed E-state index contributed by atoms with van der Waals surface area (Å²) in [5.74, 6) is 2.33. The number of hydrogen-bond donors (Lipinski definition) is 1. The van der Waals surface area contributed by atoms with E-state index in [1.165, 1.54) is 43.5 Å². The molecule has 2 heterocycles. The number of amidine groups is 1. The first-order valence-corrected chi connectivity index (χ1v) is 9.73. The first kappa shape index (κ1) is 17.0. The molecule has 0 amide bonds. The molecular formula is C20H23Cl2N3. The number of halogens is 2. The Bertz CT molecular complexity index is 816. The lowest BCUT2D eigenvalue weighted by molar-refractivity contribution is 0.278. The van der Waals surface area contributed by atoms with E-state index in [1.54, 1.807) is 0 Å². The second-order valence-electron chi connectivity index (χ2n) is 7.36. The molecule has 0 atom stereocenters. The van der Waals surface area contributed by atoms with Crippen LogP contribution in [0.3, 0.4) is 0 Å². The zero-order valence-corrected chi connectivity index (χ0v) is 16.0. The zero-order chi connectivity index (χ0) is 17.4. The summed E-state index contributed by atoms with van der Waals surface area (Å²) in [6, 6.07) is 8.01. The third kappa shape index (κ3) is 3.20. The number of benzene rings is 1. The minimum atomic E-state index is 0.169. The Labute approximate surface area is 159 Å². The first-order chi connectivity index (χ1) is 12.1. The Hall–Kier alpha value is -1.45. The van der Waals surface area contributed by atoms with Crippen LogP contribution in [0.25, 0.3) is 0 Å². The van der Waals surface area contributed by atoms with Crippen molar-refractivity contribution >= 4 is 34.9 Å². The Morgan fingerprint density at radius 3 is 2.68 bits per heavy atom. The molecule has 1 aliphatic carbocycles. The van der Waals surface area contributed by atoms with Crippen LogP contribution in [0.2, 0.25) is 10.0 Å². The van der Waals surface area contributed by atoms with Gasteiger partial charge in [-0.1, -0.05) is 48.5 Å². The monoisotopic (exact) mass is 375 g/mol. The molecule has 4 rings (SSSR count). The van der Waals surface area contributed by atoms with Gasteiger partial charge in [0.2, 0.25) is 0 Å². The van der Waals surface area contributed by atoms with Gasteiger partial charge in [-0.3, -0.25) is 4.99 Å². The lowest BCUT2D eigenvalue weighted by Crippen LogP contribution is -2.43. The van der Waals surface area contributed by atoms with Crippen molar-refractivity contribution in [3.63, 3.8) is 0 Å². The van der Waals surface area contributed by atoms with Gasteiger partial charge in [-0.15, -0.1) is 0 Å². The van der Waals surface area contributed by atoms with Crippen LogP contribution in [0.4, 0.5) is 5.82 Å². The second kappa shape index (κ2) is 6.69. The smallest absolute Gasteiger partial charge is 0.114 e. The molecule has 0 unspecified atom stereocenters. The Kier molecular flexibility index (Phi) is 4.55. The van der Waals surface area contributed by atoms with Gasteiger partial charge in [-0.05, 0) is 48.6 Å². The number of aromatic nitrogens is 1. The number of hydrogen-bond acceptors (Lipinski definition) is 1. The van der Waals surface area contributed by atoms with Crippen molar-refractivity contribution in [2.75, 3.05) is 5.32 Å². The van der Waals surface area contributed by atoms with E-state index in [0.29, 0.717) is 16.6 Å². The molecule has 1 spiro atoms. The first-order valence-electron chi connectivity index (χ1n) is 8.97. The molecule has 1 saturated carbocycles. The van der Waals surface area contributed by atoms with Crippen molar-refractivity contribution in [1.82, 2.24) is 4.57 Å². The largest absolute Gasteiger partial charge is 0.337 e. The molecule has 2 aliphatic rings. The van der Waals surface area contributed by atoms with Gasteiger partial charge in [-0.2, -0.15) is 0 Å². The quantitative estimate of drug-likeness (QED) is 0.700. The van der Waals surface area contributed by atoms with E-state index in [2.05, 4.69) is 29.2 Å². The van der Waals surface area contributed by atoms with Crippen LogP contribution in [0.15, 0.2) is 35.5 Å². The third-order valence-corrected chi connectivity index (χ3v) is 6.38. The highest BCUT2D eigenvalue weighted by Gasteiger charge is 2.41. The highest BCUT2D eigenvalue weighted by molar-refractivity contribution is 6.42. The Morgan fingerprint density at radius 1 is 1.12 bits per heavy atom. The molecule has 0 saturated heterocycles. The number of aryl methyl sites for hydroxylation is 1. The molecule has 1 fully saturated rings. The molecule has 1 aliphatic heterocycles. The van der Waals surface area contributed by atoms with Gasteiger partial charge < -0.3 is 9.88 Å². The molecule has 25 heavy (non-hydrogen) atoms. The molecule has 1 aromatic carbocycles. The Morgan fingerprint density at radius 2 is 1.92 bits per heavy atom. The standard InChI is InChI=1S/C20H23Cl2N3/c1-25-10-7-15-12-20(8-3-2-4-9-20)19(24-18(15)25)23-13-14-5-6-16(21)17(22)11-14/h5-7,10-11H,2-4,8-9,12-13H2,1H3,(H,23,24). The van der Waals surface area contributed by atoms with Crippen LogP contribution >= 0.6 is 23.2 Å². The predicted octanol–water partition coefficient (Wildman–Crippen LogP) is 5.85. The van der Waals surface area contributed by atoms with E-state index < -0.39 is 0 Å². The molecule has 0 bridgehead atoms. The number of nitrogens with zero attached hydrogens (tertiary/aromatic N) is 2. The lowest BCUT2D eigenvalue weighted by atomic mass is 9.68. The van der Waals surface area contributed by atoms with Crippen molar-refractivity contribution in [1.29, 1.82) is 0 Å². The Balaban J connectivity index is 1.66. The van der Waals surface area contributed by atoms with Gasteiger partial charge in [0.1, 0.15) is 11.7 Å². The summed E-state index contributed by atoms with van der Waals surface area (Å²) in [4.78, 5) is 5.01. The van der Waals surface area contributed by atoms with Gasteiger partial charge >= 0.3 is 0 Å². The minimum absolute atomic E-state index is 0.169. The molecule has 1 N–H and O–H groups in total. The maximum absolute atomic E-state index is 6.15. The maximum atomic E-state index is 6.15. The summed E-state index contributed by atoms with van der Waals surface area (Å²) in [6.07, 6.45) is 9.57. The molecule has 2 aromatic rings. The topological polar surface area (TPSA) is 29.3 Å². The minimum Gasteiger partial charge on any atom is -0.337 e. The van der Waals surface area contributed by atoms with Crippen LogP contribution < -0.4 is 5.32 Å². The fraction of sp³-hybridized carbons (Fsp3) is 0.450. The van der Waals surface area contributed by atoms with Crippen molar-refractivity contribution in [3.05, 3.63) is 51.6 Å². The summed E-state index contributed by atoms with van der Waals surface area (Å²) in [5.41, 5.74) is 2.67. The zero-order valence-electron chi connectivity index (χ0n) is 14.5. The number of anilines is 1. The lowest BCUT2D eigenvalue weighted by Gasteiger charge is -2.42. The summed E-state index contributed by atoms with van der Waals surface area (Å²) in [6.45, 7) is 0.626. The fourth-order valence-corrected chi connectivity index (χ4v) is 4.56. The van der Waals surface area contributed by atoms with E-state index in [9.17, 15) is 0 Å². The molecule has 3 nitrogen and oxygen atoms in total. The van der Waals surface area contributed by atoms with Gasteiger partial charge in [0.15, 0.2) is 0 Å². The van der Waals surface area contributed by atoms with Crippen LogP contribution in [0.5, 0.6) is 0 Å². The van der Waals surface area contributed by atoms with E-state index in [1.807, 2.05) is 18.2 Å². The highest BCUT2D eigenvalue weighted by atomic mass is 35.5. The predicted molar refractivity (Wildman–Crippen MR) is 106 cm³/mol. The van der Waals surface area contributed by atoms with Gasteiger partial charge in [0.25, 0.3) is 0 Å². The molecule has 0 radical (unpaired) electrons. The molecule has 5 heteroatoms. The van der Waals surface area contributed by atoms with Crippen LogP contribution in [0, 0.1) is 5.41 Å². The van der Waals surface area contributed by atoms with Crippen LogP contribution in [-0.4, -0.2) is 10.4 Å². The number of fused-ring (bicyclic) bond motifs is 1. The van der Waals surface area contributed by atoms with Crippen molar-refractivity contribution in [2.45, 2.75) is 45.1 Å². The third-order valence-electron chi connectivity index (χ3n) is 5.64. The van der Waals surface area contributed by atoms with E-state index in [0.717, 1.165) is 17.8 Å². The average molecular weight is 376 g/mol. The van der Waals surface area contributed by atoms with Crippen molar-refractivity contribution < 1.29 is 0 Å². The van der Waals surface area contributed by atoms with E-state index in [-0.39, 0.29) is 5.41 Å². The highest BCUT2D eigenvalue weighted by Crippen LogP contribution is 2.45. The van der Waals surface area contributed by atoms with E-state index in [4.69, 9.17) is 28.2 Å². The van der Waals surface area contributed by atoms with Gasteiger partial charge in [0, 0.05) is 18.7 Å². The average Bonchev–Trinajstić information content (AvgIpc) is 2.96. The normalized spacial score (nSPS) is 20.5. The fourth-order valence-electron chi connectivity index (χ4n) is 4.24. The maximum Gasteiger partial charge on any atom is 0.114 e. The second-order valence-corrected chi connectivity index (χ2v) is 8.17. The number of aliphatic imine (C=N–C) groups is 1. The van der Waals surface area contributed by atoms with Gasteiger partial charge in [-0.25, -0.2) is 0 Å². The summed E-state index contributed by atoms with van der Waals surface area (Å²) in [5, 5.41) is 4.84. The number of nitrogens with one attached hydrogen (secondary N) is 1. The number of rotatable bonds is 2. The van der Waals surface area contributed by atoms with Gasteiger partial charge in [0.05, 0.1) is 16.6 Å². The van der Waals surface area contributed by atoms with Crippen molar-refractivity contribution in [3.8, 4) is 0 Å². The molecular weight excluding hydrogens is 353 g/mol. The van der Waals surface area contributed by atoms with Crippen LogP contribution in [-0.2, 0) is 20.0 Å². The summed E-state index contributed by atoms with van der Waals surface area (Å²) >= 11 is 12.2. The van der Waals surface area contributed by atoms with Crippen LogP contribution in [0.1, 0.15) is 43.2 Å². The summed E-state index contributed by atoms with van der Waals surface area (Å²) < 4.78 is 2.15.